The number of aromatic nitrogens is 2. The van der Waals surface area contributed by atoms with Gasteiger partial charge in [0.1, 0.15) is 0 Å². The summed E-state index contributed by atoms with van der Waals surface area (Å²) in [5.74, 6) is 0.933. The van der Waals surface area contributed by atoms with Gasteiger partial charge < -0.3 is 9.42 Å². The lowest BCUT2D eigenvalue weighted by atomic mass is 9.91. The number of benzene rings is 1. The van der Waals surface area contributed by atoms with Crippen LogP contribution < -0.4 is 0 Å². The van der Waals surface area contributed by atoms with E-state index in [1.165, 1.54) is 12.1 Å². The highest BCUT2D eigenvalue weighted by Gasteiger charge is 2.24. The lowest BCUT2D eigenvalue weighted by molar-refractivity contribution is -0.384. The molecule has 0 saturated heterocycles. The molecule has 1 amide bonds. The van der Waals surface area contributed by atoms with Gasteiger partial charge in [-0.3, -0.25) is 14.9 Å². The highest BCUT2D eigenvalue weighted by Crippen LogP contribution is 2.22. The number of nitrogens with zero attached hydrogens (tertiary/aromatic N) is 4. The summed E-state index contributed by atoms with van der Waals surface area (Å²) in [4.78, 5) is 29.2. The van der Waals surface area contributed by atoms with Gasteiger partial charge in [0.15, 0.2) is 0 Å². The molecule has 152 valence electrons. The number of hydrogen-bond acceptors (Lipinski definition) is 6. The Morgan fingerprint density at radius 1 is 1.29 bits per heavy atom. The van der Waals surface area contributed by atoms with Gasteiger partial charge in [0, 0.05) is 43.1 Å². The van der Waals surface area contributed by atoms with Crippen molar-refractivity contribution in [2.75, 3.05) is 6.54 Å². The Hall–Kier alpha value is -2.77. The summed E-state index contributed by atoms with van der Waals surface area (Å²) < 4.78 is 5.31. The second-order valence-corrected chi connectivity index (χ2v) is 8.15. The van der Waals surface area contributed by atoms with Crippen LogP contribution in [-0.2, 0) is 11.2 Å². The number of hydrogen-bond donors (Lipinski definition) is 0. The van der Waals surface area contributed by atoms with Crippen LogP contribution in [0.1, 0.15) is 53.4 Å². The van der Waals surface area contributed by atoms with Gasteiger partial charge in [0.2, 0.25) is 17.6 Å². The van der Waals surface area contributed by atoms with Crippen LogP contribution in [-0.4, -0.2) is 38.5 Å². The summed E-state index contributed by atoms with van der Waals surface area (Å²) in [6, 6.07) is 6.12. The van der Waals surface area contributed by atoms with E-state index in [-0.39, 0.29) is 23.1 Å². The van der Waals surface area contributed by atoms with E-state index >= 15 is 0 Å². The maximum absolute atomic E-state index is 12.7. The summed E-state index contributed by atoms with van der Waals surface area (Å²) in [5, 5.41) is 14.7. The normalized spacial score (nSPS) is 12.6. The molecule has 0 aliphatic rings. The molecule has 28 heavy (non-hydrogen) atoms. The Balaban J connectivity index is 2.06. The van der Waals surface area contributed by atoms with Crippen molar-refractivity contribution in [3.8, 4) is 11.4 Å². The summed E-state index contributed by atoms with van der Waals surface area (Å²) in [7, 11) is 0. The van der Waals surface area contributed by atoms with Gasteiger partial charge in [0.05, 0.1) is 4.92 Å². The van der Waals surface area contributed by atoms with E-state index in [0.717, 1.165) is 6.42 Å². The Morgan fingerprint density at radius 3 is 2.46 bits per heavy atom. The maximum atomic E-state index is 12.7. The quantitative estimate of drug-likeness (QED) is 0.495. The fourth-order valence-corrected chi connectivity index (χ4v) is 2.79. The van der Waals surface area contributed by atoms with E-state index in [2.05, 4.69) is 17.1 Å². The molecule has 1 atom stereocenters. The number of nitro groups is 1. The molecule has 0 spiro atoms. The second kappa shape index (κ2) is 8.95. The fraction of sp³-hybridized carbons (Fsp3) is 0.550. The zero-order chi connectivity index (χ0) is 20.9. The van der Waals surface area contributed by atoms with Crippen molar-refractivity contribution in [2.24, 2.45) is 5.41 Å². The van der Waals surface area contributed by atoms with Gasteiger partial charge in [-0.15, -0.1) is 0 Å². The average Bonchev–Trinajstić information content (AvgIpc) is 3.09. The molecule has 0 N–H and O–H groups in total. The molecular weight excluding hydrogens is 360 g/mol. The Morgan fingerprint density at radius 2 is 1.93 bits per heavy atom. The molecule has 0 bridgehead atoms. The van der Waals surface area contributed by atoms with E-state index in [9.17, 15) is 14.9 Å². The first-order valence-corrected chi connectivity index (χ1v) is 9.47. The largest absolute Gasteiger partial charge is 0.339 e. The maximum Gasteiger partial charge on any atom is 0.269 e. The number of carbonyl (C=O) groups excluding carboxylic acids is 1. The van der Waals surface area contributed by atoms with E-state index in [0.29, 0.717) is 36.7 Å². The zero-order valence-electron chi connectivity index (χ0n) is 17.1. The van der Waals surface area contributed by atoms with Crippen molar-refractivity contribution >= 4 is 11.6 Å². The van der Waals surface area contributed by atoms with Crippen molar-refractivity contribution in [2.45, 2.75) is 59.9 Å². The number of rotatable bonds is 8. The van der Waals surface area contributed by atoms with Gasteiger partial charge >= 0.3 is 0 Å². The van der Waals surface area contributed by atoms with Crippen LogP contribution in [0.25, 0.3) is 11.4 Å². The number of carbonyl (C=O) groups is 1. The van der Waals surface area contributed by atoms with E-state index < -0.39 is 4.92 Å². The molecule has 8 nitrogen and oxygen atoms in total. The smallest absolute Gasteiger partial charge is 0.269 e. The molecule has 8 heteroatoms. The Bertz CT molecular complexity index is 808. The molecule has 2 rings (SSSR count). The lowest BCUT2D eigenvalue weighted by Crippen LogP contribution is -2.41. The van der Waals surface area contributed by atoms with Gasteiger partial charge in [-0.25, -0.2) is 0 Å². The minimum Gasteiger partial charge on any atom is -0.339 e. The molecule has 1 heterocycles. The van der Waals surface area contributed by atoms with Crippen molar-refractivity contribution in [3.63, 3.8) is 0 Å². The zero-order valence-corrected chi connectivity index (χ0v) is 17.1. The van der Waals surface area contributed by atoms with Crippen LogP contribution in [0.3, 0.4) is 0 Å². The predicted octanol–water partition coefficient (Wildman–Crippen LogP) is 4.25. The highest BCUT2D eigenvalue weighted by molar-refractivity contribution is 5.77. The molecule has 0 radical (unpaired) electrons. The fourth-order valence-electron chi connectivity index (χ4n) is 2.79. The molecule has 0 aliphatic carbocycles. The first-order chi connectivity index (χ1) is 13.1. The molecule has 1 aromatic heterocycles. The van der Waals surface area contributed by atoms with Gasteiger partial charge in [-0.1, -0.05) is 32.9 Å². The second-order valence-electron chi connectivity index (χ2n) is 8.15. The standard InChI is InChI=1S/C20H28N4O4/c1-6-14(2)23(18(25)13-20(3,4)5)12-11-17-21-19(22-28-17)15-7-9-16(10-8-15)24(26)27/h7-10,14H,6,11-13H2,1-5H3/t14-/m1/s1. The minimum atomic E-state index is -0.455. The van der Waals surface area contributed by atoms with Gasteiger partial charge in [-0.2, -0.15) is 4.98 Å². The molecule has 0 aliphatic heterocycles. The first-order valence-electron chi connectivity index (χ1n) is 9.47. The molecule has 0 saturated carbocycles. The predicted molar refractivity (Wildman–Crippen MR) is 106 cm³/mol. The Kier molecular flexibility index (Phi) is 6.88. The summed E-state index contributed by atoms with van der Waals surface area (Å²) in [6.45, 7) is 10.8. The van der Waals surface area contributed by atoms with E-state index in [1.54, 1.807) is 12.1 Å². The average molecular weight is 388 g/mol. The SMILES string of the molecule is CC[C@@H](C)N(CCc1nc(-c2ccc([N+](=O)[O-])cc2)no1)C(=O)CC(C)(C)C. The van der Waals surface area contributed by atoms with Crippen LogP contribution in [0.4, 0.5) is 5.69 Å². The summed E-state index contributed by atoms with van der Waals surface area (Å²) in [5.41, 5.74) is 0.577. The number of nitro benzene ring substituents is 1. The minimum absolute atomic E-state index is 0.00836. The highest BCUT2D eigenvalue weighted by atomic mass is 16.6. The number of amides is 1. The summed E-state index contributed by atoms with van der Waals surface area (Å²) in [6.07, 6.45) is 1.81. The van der Waals surface area contributed by atoms with Crippen LogP contribution in [0.15, 0.2) is 28.8 Å². The monoisotopic (exact) mass is 388 g/mol. The lowest BCUT2D eigenvalue weighted by Gasteiger charge is -2.31. The number of non-ortho nitro benzene ring substituents is 1. The first kappa shape index (κ1) is 21.5. The molecule has 0 fully saturated rings. The summed E-state index contributed by atoms with van der Waals surface area (Å²) >= 11 is 0. The third-order valence-corrected chi connectivity index (χ3v) is 4.50. The third-order valence-electron chi connectivity index (χ3n) is 4.50. The van der Waals surface area contributed by atoms with Gasteiger partial charge in [0.25, 0.3) is 5.69 Å². The van der Waals surface area contributed by atoms with Crippen molar-refractivity contribution in [3.05, 3.63) is 40.3 Å². The molecule has 1 aromatic carbocycles. The molecule has 2 aromatic rings. The molecular formula is C20H28N4O4. The van der Waals surface area contributed by atoms with E-state index in [4.69, 9.17) is 4.52 Å². The van der Waals surface area contributed by atoms with Gasteiger partial charge in [-0.05, 0) is 30.9 Å². The van der Waals surface area contributed by atoms with Crippen molar-refractivity contribution < 1.29 is 14.2 Å². The third kappa shape index (κ3) is 5.87. The Labute approximate surface area is 165 Å². The van der Waals surface area contributed by atoms with Crippen molar-refractivity contribution in [1.29, 1.82) is 0 Å². The topological polar surface area (TPSA) is 102 Å². The van der Waals surface area contributed by atoms with Crippen LogP contribution >= 0.6 is 0 Å². The molecule has 0 unspecified atom stereocenters. The van der Waals surface area contributed by atoms with Crippen LogP contribution in [0, 0.1) is 15.5 Å². The van der Waals surface area contributed by atoms with Crippen molar-refractivity contribution in [1.82, 2.24) is 15.0 Å². The van der Waals surface area contributed by atoms with E-state index in [1.807, 2.05) is 32.6 Å². The van der Waals surface area contributed by atoms with Crippen LogP contribution in [0.5, 0.6) is 0 Å². The van der Waals surface area contributed by atoms with Crippen LogP contribution in [0.2, 0.25) is 0 Å².